The van der Waals surface area contributed by atoms with Crippen molar-refractivity contribution in [2.45, 2.75) is 38.1 Å². The summed E-state index contributed by atoms with van der Waals surface area (Å²) < 4.78 is 25.5. The monoisotopic (exact) mass is 463 g/mol. The average molecular weight is 464 g/mol. The van der Waals surface area contributed by atoms with Gasteiger partial charge >= 0.3 is 0 Å². The number of anilines is 2. The van der Waals surface area contributed by atoms with E-state index >= 15 is 0 Å². The van der Waals surface area contributed by atoms with Crippen molar-refractivity contribution in [3.05, 3.63) is 59.1 Å². The summed E-state index contributed by atoms with van der Waals surface area (Å²) in [4.78, 5) is 25.5. The highest BCUT2D eigenvalue weighted by Gasteiger charge is 2.23. The van der Waals surface area contributed by atoms with Crippen LogP contribution in [0, 0.1) is 0 Å². The number of benzene rings is 2. The largest absolute Gasteiger partial charge is 0.349 e. The fourth-order valence-electron chi connectivity index (χ4n) is 3.65. The first-order valence-corrected chi connectivity index (χ1v) is 12.4. The van der Waals surface area contributed by atoms with E-state index in [1.807, 2.05) is 0 Å². The fraction of sp³-hybridized carbons (Fsp3) is 0.364. The number of halogens is 1. The minimum Gasteiger partial charge on any atom is -0.349 e. The highest BCUT2D eigenvalue weighted by Crippen LogP contribution is 2.23. The van der Waals surface area contributed by atoms with Gasteiger partial charge in [-0.2, -0.15) is 0 Å². The Balaban J connectivity index is 1.74. The van der Waals surface area contributed by atoms with E-state index in [2.05, 4.69) is 10.6 Å². The van der Waals surface area contributed by atoms with Gasteiger partial charge in [-0.25, -0.2) is 8.42 Å². The van der Waals surface area contributed by atoms with E-state index in [1.54, 1.807) is 42.5 Å². The number of carbonyl (C=O) groups excluding carboxylic acids is 2. The first-order chi connectivity index (χ1) is 14.7. The SMILES string of the molecule is CS(=O)(=O)N(CC(=O)Nc1ccccc1C(=O)NC1CCCCC1)c1cccc(Cl)c1. The van der Waals surface area contributed by atoms with Crippen LogP contribution in [-0.2, 0) is 14.8 Å². The second-order valence-corrected chi connectivity index (χ2v) is 9.99. The summed E-state index contributed by atoms with van der Waals surface area (Å²) in [5.74, 6) is -0.819. The lowest BCUT2D eigenvalue weighted by atomic mass is 9.95. The van der Waals surface area contributed by atoms with E-state index in [0.717, 1.165) is 36.2 Å². The maximum atomic E-state index is 12.8. The quantitative estimate of drug-likeness (QED) is 0.652. The summed E-state index contributed by atoms with van der Waals surface area (Å²) in [5.41, 5.74) is 0.962. The van der Waals surface area contributed by atoms with Gasteiger partial charge < -0.3 is 10.6 Å². The van der Waals surface area contributed by atoms with Crippen molar-refractivity contribution in [3.63, 3.8) is 0 Å². The van der Waals surface area contributed by atoms with Crippen molar-refractivity contribution in [1.29, 1.82) is 0 Å². The average Bonchev–Trinajstić information content (AvgIpc) is 2.72. The maximum absolute atomic E-state index is 12.8. The van der Waals surface area contributed by atoms with Gasteiger partial charge in [0.1, 0.15) is 6.54 Å². The molecule has 2 amide bonds. The summed E-state index contributed by atoms with van der Waals surface area (Å²) in [6, 6.07) is 13.1. The molecule has 0 radical (unpaired) electrons. The first kappa shape index (κ1) is 23.1. The van der Waals surface area contributed by atoms with Crippen molar-refractivity contribution in [1.82, 2.24) is 5.32 Å². The molecular weight excluding hydrogens is 438 g/mol. The molecule has 0 aliphatic heterocycles. The molecule has 2 aromatic carbocycles. The van der Waals surface area contributed by atoms with Gasteiger partial charge in [-0.15, -0.1) is 0 Å². The first-order valence-electron chi connectivity index (χ1n) is 10.2. The zero-order valence-corrected chi connectivity index (χ0v) is 18.9. The van der Waals surface area contributed by atoms with Crippen LogP contribution in [0.4, 0.5) is 11.4 Å². The number of amides is 2. The molecule has 1 fully saturated rings. The van der Waals surface area contributed by atoms with Crippen molar-refractivity contribution in [2.24, 2.45) is 0 Å². The van der Waals surface area contributed by atoms with Gasteiger partial charge in [0.05, 0.1) is 23.2 Å². The van der Waals surface area contributed by atoms with Crippen LogP contribution in [-0.4, -0.2) is 39.1 Å². The molecule has 0 bridgehead atoms. The molecule has 2 aromatic rings. The predicted octanol–water partition coefficient (Wildman–Crippen LogP) is 3.81. The van der Waals surface area contributed by atoms with Gasteiger partial charge in [0.25, 0.3) is 5.91 Å². The maximum Gasteiger partial charge on any atom is 0.253 e. The van der Waals surface area contributed by atoms with E-state index in [1.165, 1.54) is 12.5 Å². The molecule has 31 heavy (non-hydrogen) atoms. The molecule has 166 valence electrons. The lowest BCUT2D eigenvalue weighted by molar-refractivity contribution is -0.114. The summed E-state index contributed by atoms with van der Waals surface area (Å²) in [6.45, 7) is -0.447. The van der Waals surface area contributed by atoms with Crippen molar-refractivity contribution >= 4 is 44.8 Å². The topological polar surface area (TPSA) is 95.6 Å². The molecular formula is C22H26ClN3O4S. The van der Waals surface area contributed by atoms with E-state index < -0.39 is 22.5 Å². The van der Waals surface area contributed by atoms with Gasteiger partial charge in [0.15, 0.2) is 0 Å². The third-order valence-electron chi connectivity index (χ3n) is 5.17. The lowest BCUT2D eigenvalue weighted by Crippen LogP contribution is -2.38. The zero-order valence-electron chi connectivity index (χ0n) is 17.3. The van der Waals surface area contributed by atoms with Crippen LogP contribution in [0.5, 0.6) is 0 Å². The van der Waals surface area contributed by atoms with Crippen LogP contribution < -0.4 is 14.9 Å². The Morgan fingerprint density at radius 2 is 1.77 bits per heavy atom. The number of nitrogens with zero attached hydrogens (tertiary/aromatic N) is 1. The number of para-hydroxylation sites is 1. The standard InChI is InChI=1S/C22H26ClN3O4S/c1-31(29,30)26(18-11-7-8-16(23)14-18)15-21(27)25-20-13-6-5-12-19(20)22(28)24-17-9-3-2-4-10-17/h5-8,11-14,17H,2-4,9-10,15H2,1H3,(H,24,28)(H,25,27). The van der Waals surface area contributed by atoms with Crippen molar-refractivity contribution in [3.8, 4) is 0 Å². The zero-order chi connectivity index (χ0) is 22.4. The number of sulfonamides is 1. The van der Waals surface area contributed by atoms with Gasteiger partial charge in [0, 0.05) is 11.1 Å². The number of carbonyl (C=O) groups is 2. The molecule has 9 heteroatoms. The highest BCUT2D eigenvalue weighted by molar-refractivity contribution is 7.92. The number of hydrogen-bond donors (Lipinski definition) is 2. The van der Waals surface area contributed by atoms with Gasteiger partial charge in [-0.1, -0.05) is 49.1 Å². The Kier molecular flexibility index (Phi) is 7.56. The van der Waals surface area contributed by atoms with Gasteiger partial charge in [-0.05, 0) is 43.2 Å². The van der Waals surface area contributed by atoms with Crippen LogP contribution in [0.3, 0.4) is 0 Å². The molecule has 0 aromatic heterocycles. The minimum atomic E-state index is -3.73. The minimum absolute atomic E-state index is 0.133. The Labute approximate surface area is 187 Å². The highest BCUT2D eigenvalue weighted by atomic mass is 35.5. The van der Waals surface area contributed by atoms with Gasteiger partial charge in [-0.3, -0.25) is 13.9 Å². The van der Waals surface area contributed by atoms with Crippen LogP contribution in [0.25, 0.3) is 0 Å². The van der Waals surface area contributed by atoms with Crippen LogP contribution in [0.15, 0.2) is 48.5 Å². The molecule has 3 rings (SSSR count). The lowest BCUT2D eigenvalue weighted by Gasteiger charge is -2.24. The molecule has 0 heterocycles. The molecule has 1 aliphatic carbocycles. The Morgan fingerprint density at radius 1 is 1.06 bits per heavy atom. The van der Waals surface area contributed by atoms with Crippen LogP contribution >= 0.6 is 11.6 Å². The second kappa shape index (κ2) is 10.2. The van der Waals surface area contributed by atoms with E-state index in [9.17, 15) is 18.0 Å². The van der Waals surface area contributed by atoms with Crippen molar-refractivity contribution in [2.75, 3.05) is 22.4 Å². The van der Waals surface area contributed by atoms with E-state index in [-0.39, 0.29) is 17.6 Å². The van der Waals surface area contributed by atoms with E-state index in [0.29, 0.717) is 16.3 Å². The molecule has 7 nitrogen and oxygen atoms in total. The summed E-state index contributed by atoms with van der Waals surface area (Å²) in [5, 5.41) is 6.07. The molecule has 0 saturated heterocycles. The normalized spacial score (nSPS) is 14.6. The molecule has 0 unspecified atom stereocenters. The summed E-state index contributed by atoms with van der Waals surface area (Å²) in [6.07, 6.45) is 6.28. The Hall–Kier alpha value is -2.58. The van der Waals surface area contributed by atoms with Crippen LogP contribution in [0.1, 0.15) is 42.5 Å². The second-order valence-electron chi connectivity index (χ2n) is 7.65. The Morgan fingerprint density at radius 3 is 2.45 bits per heavy atom. The summed E-state index contributed by atoms with van der Waals surface area (Å²) >= 11 is 5.97. The Bertz CT molecular complexity index is 1050. The van der Waals surface area contributed by atoms with Crippen molar-refractivity contribution < 1.29 is 18.0 Å². The van der Waals surface area contributed by atoms with Crippen LogP contribution in [0.2, 0.25) is 5.02 Å². The molecule has 1 aliphatic rings. The molecule has 0 spiro atoms. The third kappa shape index (κ3) is 6.45. The summed E-state index contributed by atoms with van der Waals surface area (Å²) in [7, 11) is -3.73. The van der Waals surface area contributed by atoms with E-state index in [4.69, 9.17) is 11.6 Å². The predicted molar refractivity (Wildman–Crippen MR) is 123 cm³/mol. The molecule has 0 atom stereocenters. The smallest absolute Gasteiger partial charge is 0.253 e. The third-order valence-corrected chi connectivity index (χ3v) is 6.55. The molecule has 1 saturated carbocycles. The fourth-order valence-corrected chi connectivity index (χ4v) is 4.68. The number of hydrogen-bond acceptors (Lipinski definition) is 4. The molecule has 2 N–H and O–H groups in total. The number of rotatable bonds is 7. The van der Waals surface area contributed by atoms with Gasteiger partial charge in [0.2, 0.25) is 15.9 Å². The number of nitrogens with one attached hydrogen (secondary N) is 2.